The van der Waals surface area contributed by atoms with E-state index in [0.29, 0.717) is 31.0 Å². The molecule has 2 aliphatic rings. The van der Waals surface area contributed by atoms with Crippen molar-refractivity contribution in [2.24, 2.45) is 5.92 Å². The van der Waals surface area contributed by atoms with Gasteiger partial charge in [0.1, 0.15) is 6.26 Å². The van der Waals surface area contributed by atoms with E-state index in [0.717, 1.165) is 32.4 Å². The summed E-state index contributed by atoms with van der Waals surface area (Å²) in [7, 11) is 0. The maximum atomic E-state index is 12.2. The second-order valence-electron chi connectivity index (χ2n) is 6.88. The Labute approximate surface area is 155 Å². The van der Waals surface area contributed by atoms with Gasteiger partial charge in [0.15, 0.2) is 0 Å². The molecule has 2 amide bonds. The standard InChI is InChI=1S/C18H27N3O3.ClH/c22-17(2-1-14-3-8-19-9-4-14)20-16-5-10-21(11-6-16)18(23)15-7-12-24-13-15;/h7,12-14,16,19H,1-6,8-11H2,(H,20,22);1H. The van der Waals surface area contributed by atoms with Crippen molar-refractivity contribution in [3.8, 4) is 0 Å². The van der Waals surface area contributed by atoms with Crippen molar-refractivity contribution in [3.63, 3.8) is 0 Å². The number of carbonyl (C=O) groups is 2. The molecule has 1 aromatic rings. The Kier molecular flexibility index (Phi) is 7.78. The number of amides is 2. The largest absolute Gasteiger partial charge is 0.472 e. The van der Waals surface area contributed by atoms with Crippen LogP contribution in [0.25, 0.3) is 0 Å². The molecule has 2 aliphatic heterocycles. The van der Waals surface area contributed by atoms with E-state index in [1.165, 1.54) is 25.4 Å². The number of halogens is 1. The van der Waals surface area contributed by atoms with E-state index in [2.05, 4.69) is 10.6 Å². The average Bonchev–Trinajstić information content (AvgIpc) is 3.16. The molecule has 0 bridgehead atoms. The fourth-order valence-electron chi connectivity index (χ4n) is 3.60. The fourth-order valence-corrected chi connectivity index (χ4v) is 3.60. The Hall–Kier alpha value is -1.53. The van der Waals surface area contributed by atoms with E-state index in [9.17, 15) is 9.59 Å². The highest BCUT2D eigenvalue weighted by atomic mass is 35.5. The molecule has 1 aromatic heterocycles. The third-order valence-electron chi connectivity index (χ3n) is 5.15. The van der Waals surface area contributed by atoms with Crippen LogP contribution in [0.15, 0.2) is 23.0 Å². The summed E-state index contributed by atoms with van der Waals surface area (Å²) in [6.45, 7) is 3.53. The number of nitrogens with zero attached hydrogens (tertiary/aromatic N) is 1. The van der Waals surface area contributed by atoms with Gasteiger partial charge in [0.2, 0.25) is 5.91 Å². The Balaban J connectivity index is 0.00000225. The van der Waals surface area contributed by atoms with Gasteiger partial charge in [-0.2, -0.15) is 0 Å². The van der Waals surface area contributed by atoms with Crippen LogP contribution in [0, 0.1) is 5.92 Å². The summed E-state index contributed by atoms with van der Waals surface area (Å²) in [6.07, 6.45) is 8.62. The molecular weight excluding hydrogens is 342 g/mol. The number of rotatable bonds is 5. The van der Waals surface area contributed by atoms with Gasteiger partial charge in [-0.25, -0.2) is 0 Å². The van der Waals surface area contributed by atoms with E-state index < -0.39 is 0 Å². The maximum Gasteiger partial charge on any atom is 0.257 e. The smallest absolute Gasteiger partial charge is 0.257 e. The average molecular weight is 370 g/mol. The Morgan fingerprint density at radius 1 is 1.20 bits per heavy atom. The number of furan rings is 1. The number of hydrogen-bond acceptors (Lipinski definition) is 4. The molecule has 0 spiro atoms. The first-order valence-electron chi connectivity index (χ1n) is 9.04. The second-order valence-corrected chi connectivity index (χ2v) is 6.88. The molecule has 0 aliphatic carbocycles. The Morgan fingerprint density at radius 3 is 2.56 bits per heavy atom. The Bertz CT molecular complexity index is 536. The van der Waals surface area contributed by atoms with Crippen LogP contribution in [0.1, 0.15) is 48.9 Å². The summed E-state index contributed by atoms with van der Waals surface area (Å²) in [4.78, 5) is 26.2. The molecule has 25 heavy (non-hydrogen) atoms. The van der Waals surface area contributed by atoms with Gasteiger partial charge in [-0.15, -0.1) is 12.4 Å². The van der Waals surface area contributed by atoms with Gasteiger partial charge in [-0.05, 0) is 57.2 Å². The minimum Gasteiger partial charge on any atom is -0.472 e. The van der Waals surface area contributed by atoms with Crippen LogP contribution in [-0.2, 0) is 4.79 Å². The molecular formula is C18H28ClN3O3. The molecule has 140 valence electrons. The van der Waals surface area contributed by atoms with Crippen LogP contribution < -0.4 is 10.6 Å². The summed E-state index contributed by atoms with van der Waals surface area (Å²) in [6, 6.07) is 1.88. The van der Waals surface area contributed by atoms with Gasteiger partial charge in [0.05, 0.1) is 11.8 Å². The number of hydrogen-bond donors (Lipinski definition) is 2. The zero-order chi connectivity index (χ0) is 16.8. The molecule has 7 heteroatoms. The van der Waals surface area contributed by atoms with Crippen LogP contribution in [0.5, 0.6) is 0 Å². The third-order valence-corrected chi connectivity index (χ3v) is 5.15. The van der Waals surface area contributed by atoms with Gasteiger partial charge in [0.25, 0.3) is 5.91 Å². The van der Waals surface area contributed by atoms with Crippen molar-refractivity contribution in [1.82, 2.24) is 15.5 Å². The zero-order valence-corrected chi connectivity index (χ0v) is 15.4. The molecule has 3 heterocycles. The molecule has 2 saturated heterocycles. The van der Waals surface area contributed by atoms with Crippen molar-refractivity contribution in [2.75, 3.05) is 26.2 Å². The summed E-state index contributed by atoms with van der Waals surface area (Å²) in [5, 5.41) is 6.49. The highest BCUT2D eigenvalue weighted by Crippen LogP contribution is 2.18. The van der Waals surface area contributed by atoms with Gasteiger partial charge in [0, 0.05) is 25.6 Å². The Morgan fingerprint density at radius 2 is 1.92 bits per heavy atom. The van der Waals surface area contributed by atoms with Crippen LogP contribution in [0.4, 0.5) is 0 Å². The van der Waals surface area contributed by atoms with Crippen molar-refractivity contribution < 1.29 is 14.0 Å². The lowest BCUT2D eigenvalue weighted by Crippen LogP contribution is -2.46. The first-order valence-corrected chi connectivity index (χ1v) is 9.04. The number of piperidine rings is 2. The van der Waals surface area contributed by atoms with Crippen LogP contribution in [0.2, 0.25) is 0 Å². The number of likely N-dealkylation sites (tertiary alicyclic amines) is 1. The second kappa shape index (κ2) is 9.82. The summed E-state index contributed by atoms with van der Waals surface area (Å²) in [5.74, 6) is 0.860. The predicted molar refractivity (Wildman–Crippen MR) is 97.9 cm³/mol. The van der Waals surface area contributed by atoms with E-state index in [1.54, 1.807) is 6.07 Å². The van der Waals surface area contributed by atoms with Crippen molar-refractivity contribution in [2.45, 2.75) is 44.6 Å². The lowest BCUT2D eigenvalue weighted by molar-refractivity contribution is -0.122. The van der Waals surface area contributed by atoms with Crippen molar-refractivity contribution in [1.29, 1.82) is 0 Å². The van der Waals surface area contributed by atoms with E-state index in [4.69, 9.17) is 4.42 Å². The van der Waals surface area contributed by atoms with Gasteiger partial charge < -0.3 is 20.0 Å². The first kappa shape index (κ1) is 19.8. The van der Waals surface area contributed by atoms with Crippen molar-refractivity contribution in [3.05, 3.63) is 24.2 Å². The molecule has 0 radical (unpaired) electrons. The fraction of sp³-hybridized carbons (Fsp3) is 0.667. The molecule has 0 atom stereocenters. The minimum atomic E-state index is 0. The van der Waals surface area contributed by atoms with Gasteiger partial charge in [-0.3, -0.25) is 9.59 Å². The molecule has 6 nitrogen and oxygen atoms in total. The van der Waals surface area contributed by atoms with Crippen molar-refractivity contribution >= 4 is 24.2 Å². The van der Waals surface area contributed by atoms with E-state index in [1.807, 2.05) is 4.90 Å². The molecule has 0 aromatic carbocycles. The van der Waals surface area contributed by atoms with Gasteiger partial charge >= 0.3 is 0 Å². The highest BCUT2D eigenvalue weighted by molar-refractivity contribution is 5.93. The summed E-state index contributed by atoms with van der Waals surface area (Å²) >= 11 is 0. The lowest BCUT2D eigenvalue weighted by atomic mass is 9.93. The molecule has 0 unspecified atom stereocenters. The molecule has 3 rings (SSSR count). The monoisotopic (exact) mass is 369 g/mol. The maximum absolute atomic E-state index is 12.2. The quantitative estimate of drug-likeness (QED) is 0.834. The summed E-state index contributed by atoms with van der Waals surface area (Å²) in [5.41, 5.74) is 0.597. The molecule has 2 fully saturated rings. The van der Waals surface area contributed by atoms with Crippen LogP contribution in [0.3, 0.4) is 0 Å². The summed E-state index contributed by atoms with van der Waals surface area (Å²) < 4.78 is 4.97. The number of nitrogens with one attached hydrogen (secondary N) is 2. The predicted octanol–water partition coefficient (Wildman–Crippen LogP) is 2.20. The topological polar surface area (TPSA) is 74.6 Å². The normalized spacial score (nSPS) is 19.3. The lowest BCUT2D eigenvalue weighted by Gasteiger charge is -2.32. The zero-order valence-electron chi connectivity index (χ0n) is 14.5. The third kappa shape index (κ3) is 5.75. The van der Waals surface area contributed by atoms with Crippen LogP contribution >= 0.6 is 12.4 Å². The van der Waals surface area contributed by atoms with E-state index >= 15 is 0 Å². The SMILES string of the molecule is Cl.O=C(CCC1CCNCC1)NC1CCN(C(=O)c2ccoc2)CC1. The first-order chi connectivity index (χ1) is 11.7. The minimum absolute atomic E-state index is 0. The molecule has 0 saturated carbocycles. The molecule has 2 N–H and O–H groups in total. The van der Waals surface area contributed by atoms with Crippen LogP contribution in [-0.4, -0.2) is 48.9 Å². The van der Waals surface area contributed by atoms with Gasteiger partial charge in [-0.1, -0.05) is 0 Å². The number of carbonyl (C=O) groups excluding carboxylic acids is 2. The highest BCUT2D eigenvalue weighted by Gasteiger charge is 2.25. The van der Waals surface area contributed by atoms with E-state index in [-0.39, 0.29) is 30.3 Å².